The van der Waals surface area contributed by atoms with E-state index >= 15 is 0 Å². The number of ether oxygens (including phenoxy) is 2. The summed E-state index contributed by atoms with van der Waals surface area (Å²) in [6.45, 7) is 7.24. The third kappa shape index (κ3) is 5.88. The Hall–Kier alpha value is -1.82. The molecule has 0 saturated heterocycles. The van der Waals surface area contributed by atoms with Crippen molar-refractivity contribution in [2.75, 3.05) is 33.4 Å². The Morgan fingerprint density at radius 3 is 2.85 bits per heavy atom. The zero-order chi connectivity index (χ0) is 14.6. The Kier molecular flexibility index (Phi) is 8.14. The van der Waals surface area contributed by atoms with E-state index < -0.39 is 0 Å². The van der Waals surface area contributed by atoms with Gasteiger partial charge in [0.2, 0.25) is 5.88 Å². The zero-order valence-electron chi connectivity index (χ0n) is 12.5. The first-order valence-electron chi connectivity index (χ1n) is 6.90. The number of hydrogen-bond donors (Lipinski definition) is 2. The van der Waals surface area contributed by atoms with Crippen molar-refractivity contribution in [1.29, 1.82) is 0 Å². The van der Waals surface area contributed by atoms with Crippen LogP contribution >= 0.6 is 0 Å². The molecule has 2 N–H and O–H groups in total. The Labute approximate surface area is 120 Å². The van der Waals surface area contributed by atoms with E-state index in [1.807, 2.05) is 26.0 Å². The van der Waals surface area contributed by atoms with Crippen LogP contribution in [0.1, 0.15) is 19.4 Å². The third-order valence-corrected chi connectivity index (χ3v) is 2.54. The first kappa shape index (κ1) is 16.2. The van der Waals surface area contributed by atoms with Crippen molar-refractivity contribution in [3.8, 4) is 5.88 Å². The molecule has 0 saturated carbocycles. The number of nitrogens with one attached hydrogen (secondary N) is 2. The quantitative estimate of drug-likeness (QED) is 0.425. The van der Waals surface area contributed by atoms with Gasteiger partial charge in [0.25, 0.3) is 0 Å². The van der Waals surface area contributed by atoms with Gasteiger partial charge in [-0.25, -0.2) is 4.98 Å². The lowest BCUT2D eigenvalue weighted by atomic mass is 10.2. The van der Waals surface area contributed by atoms with E-state index in [9.17, 15) is 0 Å². The van der Waals surface area contributed by atoms with Crippen molar-refractivity contribution in [2.24, 2.45) is 4.99 Å². The number of aromatic nitrogens is 1. The SMILES string of the molecule is CCOCCNC(=NC)NCc1cccnc1OCC. The number of hydrogen-bond acceptors (Lipinski definition) is 4. The van der Waals surface area contributed by atoms with E-state index in [0.29, 0.717) is 25.6 Å². The molecule has 6 heteroatoms. The summed E-state index contributed by atoms with van der Waals surface area (Å²) in [4.78, 5) is 8.37. The molecule has 1 aromatic rings. The van der Waals surface area contributed by atoms with Gasteiger partial charge in [-0.3, -0.25) is 4.99 Å². The van der Waals surface area contributed by atoms with Crippen LogP contribution < -0.4 is 15.4 Å². The molecule has 0 atom stereocenters. The number of guanidine groups is 1. The molecule has 0 bridgehead atoms. The molecular weight excluding hydrogens is 256 g/mol. The summed E-state index contributed by atoms with van der Waals surface area (Å²) in [7, 11) is 1.74. The summed E-state index contributed by atoms with van der Waals surface area (Å²) in [6.07, 6.45) is 1.73. The first-order chi connectivity index (χ1) is 9.81. The molecule has 0 aliphatic carbocycles. The molecule has 0 aliphatic heterocycles. The highest BCUT2D eigenvalue weighted by Gasteiger charge is 2.05. The summed E-state index contributed by atoms with van der Waals surface area (Å²) in [6, 6.07) is 3.88. The maximum absolute atomic E-state index is 5.48. The van der Waals surface area contributed by atoms with Crippen molar-refractivity contribution in [3.63, 3.8) is 0 Å². The molecule has 0 unspecified atom stereocenters. The minimum atomic E-state index is 0.603. The Balaban J connectivity index is 2.44. The van der Waals surface area contributed by atoms with Gasteiger partial charge >= 0.3 is 0 Å². The molecule has 1 heterocycles. The largest absolute Gasteiger partial charge is 0.478 e. The minimum absolute atomic E-state index is 0.603. The fraction of sp³-hybridized carbons (Fsp3) is 0.571. The van der Waals surface area contributed by atoms with Gasteiger partial charge in [0.1, 0.15) is 0 Å². The molecule has 0 amide bonds. The van der Waals surface area contributed by atoms with Crippen molar-refractivity contribution in [1.82, 2.24) is 15.6 Å². The van der Waals surface area contributed by atoms with Gasteiger partial charge in [-0.1, -0.05) is 6.07 Å². The lowest BCUT2D eigenvalue weighted by molar-refractivity contribution is 0.152. The van der Waals surface area contributed by atoms with E-state index in [1.54, 1.807) is 13.2 Å². The van der Waals surface area contributed by atoms with Crippen LogP contribution in [0.2, 0.25) is 0 Å². The van der Waals surface area contributed by atoms with Gasteiger partial charge in [-0.15, -0.1) is 0 Å². The van der Waals surface area contributed by atoms with Gasteiger partial charge in [-0.05, 0) is 19.9 Å². The molecule has 1 rings (SSSR count). The molecule has 20 heavy (non-hydrogen) atoms. The lowest BCUT2D eigenvalue weighted by Crippen LogP contribution is -2.38. The van der Waals surface area contributed by atoms with Gasteiger partial charge in [0.05, 0.1) is 13.2 Å². The van der Waals surface area contributed by atoms with Crippen LogP contribution in [0, 0.1) is 0 Å². The van der Waals surface area contributed by atoms with Crippen LogP contribution in [0.3, 0.4) is 0 Å². The first-order valence-corrected chi connectivity index (χ1v) is 6.90. The molecular formula is C14H24N4O2. The second-order valence-electron chi connectivity index (χ2n) is 3.95. The minimum Gasteiger partial charge on any atom is -0.478 e. The molecule has 0 aliphatic rings. The molecule has 112 valence electrons. The monoisotopic (exact) mass is 280 g/mol. The highest BCUT2D eigenvalue weighted by atomic mass is 16.5. The van der Waals surface area contributed by atoms with Crippen molar-refractivity contribution in [3.05, 3.63) is 23.9 Å². The molecule has 6 nitrogen and oxygen atoms in total. The Bertz CT molecular complexity index is 410. The van der Waals surface area contributed by atoms with E-state index in [1.165, 1.54) is 0 Å². The maximum Gasteiger partial charge on any atom is 0.218 e. The van der Waals surface area contributed by atoms with Gasteiger partial charge in [0, 0.05) is 38.5 Å². The number of aliphatic imine (C=N–C) groups is 1. The predicted octanol–water partition coefficient (Wildman–Crippen LogP) is 1.18. The summed E-state index contributed by atoms with van der Waals surface area (Å²) in [5.74, 6) is 1.39. The van der Waals surface area contributed by atoms with Crippen molar-refractivity contribution >= 4 is 5.96 Å². The summed E-state index contributed by atoms with van der Waals surface area (Å²) in [5.41, 5.74) is 1.00. The Morgan fingerprint density at radius 1 is 1.30 bits per heavy atom. The number of pyridine rings is 1. The second kappa shape index (κ2) is 10.0. The maximum atomic E-state index is 5.48. The van der Waals surface area contributed by atoms with E-state index in [-0.39, 0.29) is 0 Å². The summed E-state index contributed by atoms with van der Waals surface area (Å²) < 4.78 is 10.8. The lowest BCUT2D eigenvalue weighted by Gasteiger charge is -2.13. The van der Waals surface area contributed by atoms with E-state index in [2.05, 4.69) is 20.6 Å². The fourth-order valence-electron chi connectivity index (χ4n) is 1.61. The highest BCUT2D eigenvalue weighted by Crippen LogP contribution is 2.13. The standard InChI is InChI=1S/C14H24N4O2/c1-4-19-10-9-17-14(15-3)18-11-12-7-6-8-16-13(12)20-5-2/h6-8H,4-5,9-11H2,1-3H3,(H2,15,17,18). The predicted molar refractivity (Wildman–Crippen MR) is 80.1 cm³/mol. The summed E-state index contributed by atoms with van der Waals surface area (Å²) >= 11 is 0. The highest BCUT2D eigenvalue weighted by molar-refractivity contribution is 5.79. The van der Waals surface area contributed by atoms with Crippen molar-refractivity contribution < 1.29 is 9.47 Å². The van der Waals surface area contributed by atoms with Gasteiger partial charge in [-0.2, -0.15) is 0 Å². The third-order valence-electron chi connectivity index (χ3n) is 2.54. The molecule has 0 radical (unpaired) electrons. The average molecular weight is 280 g/mol. The van der Waals surface area contributed by atoms with Crippen molar-refractivity contribution in [2.45, 2.75) is 20.4 Å². The topological polar surface area (TPSA) is 67.8 Å². The van der Waals surface area contributed by atoms with Crippen LogP contribution in [0.5, 0.6) is 5.88 Å². The van der Waals surface area contributed by atoms with Crippen LogP contribution in [0.25, 0.3) is 0 Å². The molecule has 0 aromatic carbocycles. The molecule has 0 fully saturated rings. The fourth-order valence-corrected chi connectivity index (χ4v) is 1.61. The van der Waals surface area contributed by atoms with E-state index in [4.69, 9.17) is 9.47 Å². The summed E-state index contributed by atoms with van der Waals surface area (Å²) in [5, 5.41) is 6.40. The molecule has 1 aromatic heterocycles. The Morgan fingerprint density at radius 2 is 2.15 bits per heavy atom. The van der Waals surface area contributed by atoms with Crippen LogP contribution in [-0.4, -0.2) is 44.4 Å². The van der Waals surface area contributed by atoms with Gasteiger partial charge < -0.3 is 20.1 Å². The number of nitrogens with zero attached hydrogens (tertiary/aromatic N) is 2. The van der Waals surface area contributed by atoms with Crippen LogP contribution in [0.4, 0.5) is 0 Å². The second-order valence-corrected chi connectivity index (χ2v) is 3.95. The van der Waals surface area contributed by atoms with Crippen LogP contribution in [0.15, 0.2) is 23.3 Å². The number of rotatable bonds is 8. The zero-order valence-corrected chi connectivity index (χ0v) is 12.5. The van der Waals surface area contributed by atoms with E-state index in [0.717, 1.165) is 24.7 Å². The average Bonchev–Trinajstić information content (AvgIpc) is 2.48. The van der Waals surface area contributed by atoms with Gasteiger partial charge in [0.15, 0.2) is 5.96 Å². The smallest absolute Gasteiger partial charge is 0.218 e. The molecule has 0 spiro atoms. The normalized spacial score (nSPS) is 11.2. The van der Waals surface area contributed by atoms with Crippen LogP contribution in [-0.2, 0) is 11.3 Å².